The van der Waals surface area contributed by atoms with Crippen molar-refractivity contribution < 1.29 is 23.8 Å². The van der Waals surface area contributed by atoms with Crippen molar-refractivity contribution in [2.75, 3.05) is 6.61 Å². The molecule has 2 N–H and O–H groups in total. The van der Waals surface area contributed by atoms with Crippen LogP contribution in [0.3, 0.4) is 0 Å². The second-order valence-corrected chi connectivity index (χ2v) is 5.85. The van der Waals surface area contributed by atoms with E-state index in [4.69, 9.17) is 4.74 Å². The van der Waals surface area contributed by atoms with E-state index in [-0.39, 0.29) is 12.4 Å². The molecule has 0 aliphatic heterocycles. The minimum Gasteiger partial charge on any atom is -0.484 e. The molecule has 1 aromatic rings. The first-order valence-corrected chi connectivity index (χ1v) is 6.49. The molecule has 0 bridgehead atoms. The second kappa shape index (κ2) is 6.11. The van der Waals surface area contributed by atoms with E-state index in [1.54, 1.807) is 13.8 Å². The van der Waals surface area contributed by atoms with Crippen LogP contribution in [0.4, 0.5) is 4.39 Å². The standard InChI is InChI=1S/C15H20FNO4/c1-14(2,13(19)20)15(3,4)17-12(18)9-21-11-7-5-6-10(16)8-11/h5-8H,9H2,1-4H3,(H,17,18)(H,19,20). The molecule has 0 atom stereocenters. The average Bonchev–Trinajstić information content (AvgIpc) is 2.35. The maximum absolute atomic E-state index is 13.0. The Morgan fingerprint density at radius 1 is 1.29 bits per heavy atom. The minimum absolute atomic E-state index is 0.237. The first-order valence-electron chi connectivity index (χ1n) is 6.49. The van der Waals surface area contributed by atoms with Crippen molar-refractivity contribution in [2.45, 2.75) is 33.2 Å². The lowest BCUT2D eigenvalue weighted by Crippen LogP contribution is -2.57. The highest BCUT2D eigenvalue weighted by atomic mass is 19.1. The van der Waals surface area contributed by atoms with Gasteiger partial charge in [0.1, 0.15) is 11.6 Å². The van der Waals surface area contributed by atoms with Crippen molar-refractivity contribution in [3.63, 3.8) is 0 Å². The van der Waals surface area contributed by atoms with Gasteiger partial charge in [-0.2, -0.15) is 0 Å². The number of nitrogens with one attached hydrogen (secondary N) is 1. The number of rotatable bonds is 6. The van der Waals surface area contributed by atoms with Crippen LogP contribution in [0, 0.1) is 11.2 Å². The Kier molecular flexibility index (Phi) is 4.93. The third-order valence-electron chi connectivity index (χ3n) is 3.72. The Morgan fingerprint density at radius 3 is 2.43 bits per heavy atom. The highest BCUT2D eigenvalue weighted by Gasteiger charge is 2.44. The Balaban J connectivity index is 2.63. The third-order valence-corrected chi connectivity index (χ3v) is 3.72. The lowest BCUT2D eigenvalue weighted by Gasteiger charge is -2.38. The van der Waals surface area contributed by atoms with E-state index in [0.29, 0.717) is 0 Å². The van der Waals surface area contributed by atoms with Gasteiger partial charge >= 0.3 is 5.97 Å². The van der Waals surface area contributed by atoms with Crippen LogP contribution >= 0.6 is 0 Å². The maximum Gasteiger partial charge on any atom is 0.311 e. The predicted octanol–water partition coefficient (Wildman–Crippen LogP) is 2.21. The molecule has 5 nitrogen and oxygen atoms in total. The summed E-state index contributed by atoms with van der Waals surface area (Å²) in [5.41, 5.74) is -2.12. The summed E-state index contributed by atoms with van der Waals surface area (Å²) in [6, 6.07) is 5.44. The summed E-state index contributed by atoms with van der Waals surface area (Å²) in [4.78, 5) is 23.1. The van der Waals surface area contributed by atoms with E-state index in [0.717, 1.165) is 0 Å². The number of carboxylic acid groups (broad SMARTS) is 1. The van der Waals surface area contributed by atoms with Crippen molar-refractivity contribution >= 4 is 11.9 Å². The quantitative estimate of drug-likeness (QED) is 0.844. The number of benzene rings is 1. The summed E-state index contributed by atoms with van der Waals surface area (Å²) in [5, 5.41) is 11.8. The fourth-order valence-electron chi connectivity index (χ4n) is 1.51. The van der Waals surface area contributed by atoms with Crippen LogP contribution in [0.1, 0.15) is 27.7 Å². The number of carboxylic acids is 1. The van der Waals surface area contributed by atoms with Gasteiger partial charge in [0.05, 0.1) is 11.0 Å². The molecule has 0 saturated heterocycles. The molecule has 0 aliphatic rings. The number of halogens is 1. The third kappa shape index (κ3) is 4.18. The van der Waals surface area contributed by atoms with Crippen LogP contribution in [-0.4, -0.2) is 29.1 Å². The normalized spacial score (nSPS) is 11.9. The number of hydrogen-bond donors (Lipinski definition) is 2. The zero-order valence-corrected chi connectivity index (χ0v) is 12.6. The van der Waals surface area contributed by atoms with Gasteiger partial charge in [-0.1, -0.05) is 6.07 Å². The first kappa shape index (κ1) is 16.9. The molecule has 1 aromatic carbocycles. The fraction of sp³-hybridized carbons (Fsp3) is 0.467. The summed E-state index contributed by atoms with van der Waals surface area (Å²) >= 11 is 0. The summed E-state index contributed by atoms with van der Waals surface area (Å²) in [6.07, 6.45) is 0. The van der Waals surface area contributed by atoms with Crippen LogP contribution in [0.25, 0.3) is 0 Å². The van der Waals surface area contributed by atoms with Crippen LogP contribution < -0.4 is 10.1 Å². The molecule has 116 valence electrons. The van der Waals surface area contributed by atoms with Crippen LogP contribution in [-0.2, 0) is 9.59 Å². The number of ether oxygens (including phenoxy) is 1. The lowest BCUT2D eigenvalue weighted by molar-refractivity contribution is -0.152. The molecular formula is C15H20FNO4. The number of hydrogen-bond acceptors (Lipinski definition) is 3. The highest BCUT2D eigenvalue weighted by Crippen LogP contribution is 2.30. The fourth-order valence-corrected chi connectivity index (χ4v) is 1.51. The molecule has 0 aliphatic carbocycles. The Labute approximate surface area is 123 Å². The predicted molar refractivity (Wildman–Crippen MR) is 75.5 cm³/mol. The number of carbonyl (C=O) groups excluding carboxylic acids is 1. The van der Waals surface area contributed by atoms with Gasteiger partial charge < -0.3 is 15.2 Å². The van der Waals surface area contributed by atoms with E-state index in [1.165, 1.54) is 38.1 Å². The molecular weight excluding hydrogens is 277 g/mol. The molecule has 21 heavy (non-hydrogen) atoms. The van der Waals surface area contributed by atoms with E-state index in [1.807, 2.05) is 0 Å². The van der Waals surface area contributed by atoms with Crippen molar-refractivity contribution in [3.8, 4) is 5.75 Å². The molecule has 1 amide bonds. The van der Waals surface area contributed by atoms with Gasteiger partial charge in [-0.3, -0.25) is 9.59 Å². The monoisotopic (exact) mass is 297 g/mol. The summed E-state index contributed by atoms with van der Waals surface area (Å²) in [7, 11) is 0. The van der Waals surface area contributed by atoms with Crippen molar-refractivity contribution in [2.24, 2.45) is 5.41 Å². The molecule has 0 aromatic heterocycles. The summed E-state index contributed by atoms with van der Waals surface area (Å²) in [6.45, 7) is 6.00. The molecule has 0 spiro atoms. The lowest BCUT2D eigenvalue weighted by atomic mass is 9.74. The van der Waals surface area contributed by atoms with E-state index < -0.39 is 28.6 Å². The Hall–Kier alpha value is -2.11. The second-order valence-electron chi connectivity index (χ2n) is 5.85. The van der Waals surface area contributed by atoms with Gasteiger partial charge in [0.15, 0.2) is 6.61 Å². The first-order chi connectivity index (χ1) is 9.56. The number of aliphatic carboxylic acids is 1. The minimum atomic E-state index is -1.15. The molecule has 0 unspecified atom stereocenters. The molecule has 1 rings (SSSR count). The largest absolute Gasteiger partial charge is 0.484 e. The number of amides is 1. The van der Waals surface area contributed by atoms with Gasteiger partial charge in [-0.05, 0) is 39.8 Å². The zero-order valence-electron chi connectivity index (χ0n) is 12.6. The smallest absolute Gasteiger partial charge is 0.311 e. The summed E-state index contributed by atoms with van der Waals surface area (Å²) in [5.74, 6) is -1.71. The molecule has 6 heteroatoms. The number of carbonyl (C=O) groups is 2. The topological polar surface area (TPSA) is 75.6 Å². The van der Waals surface area contributed by atoms with Gasteiger partial charge in [-0.15, -0.1) is 0 Å². The van der Waals surface area contributed by atoms with Crippen LogP contribution in [0.5, 0.6) is 5.75 Å². The van der Waals surface area contributed by atoms with Crippen molar-refractivity contribution in [3.05, 3.63) is 30.1 Å². The van der Waals surface area contributed by atoms with Gasteiger partial charge in [0, 0.05) is 6.07 Å². The Bertz CT molecular complexity index is 540. The SMILES string of the molecule is CC(C)(NC(=O)COc1cccc(F)c1)C(C)(C)C(=O)O. The molecule has 0 saturated carbocycles. The van der Waals surface area contributed by atoms with E-state index in [9.17, 15) is 19.1 Å². The summed E-state index contributed by atoms with van der Waals surface area (Å²) < 4.78 is 18.1. The van der Waals surface area contributed by atoms with Crippen molar-refractivity contribution in [1.29, 1.82) is 0 Å². The van der Waals surface area contributed by atoms with Gasteiger partial charge in [0.2, 0.25) is 0 Å². The zero-order chi connectivity index (χ0) is 16.3. The van der Waals surface area contributed by atoms with Crippen LogP contribution in [0.2, 0.25) is 0 Å². The van der Waals surface area contributed by atoms with E-state index in [2.05, 4.69) is 5.32 Å². The maximum atomic E-state index is 13.0. The average molecular weight is 297 g/mol. The van der Waals surface area contributed by atoms with Gasteiger partial charge in [0.25, 0.3) is 5.91 Å². The Morgan fingerprint density at radius 2 is 1.90 bits per heavy atom. The van der Waals surface area contributed by atoms with Crippen LogP contribution in [0.15, 0.2) is 24.3 Å². The molecule has 0 heterocycles. The molecule has 0 fully saturated rings. The molecule has 0 radical (unpaired) electrons. The van der Waals surface area contributed by atoms with E-state index >= 15 is 0 Å². The van der Waals surface area contributed by atoms with Gasteiger partial charge in [-0.25, -0.2) is 4.39 Å². The highest BCUT2D eigenvalue weighted by molar-refractivity contribution is 5.81. The van der Waals surface area contributed by atoms with Crippen molar-refractivity contribution in [1.82, 2.24) is 5.32 Å².